The van der Waals surface area contributed by atoms with Crippen molar-refractivity contribution in [1.29, 1.82) is 0 Å². The molecular weight excluding hydrogens is 622 g/mol. The lowest BCUT2D eigenvalue weighted by Crippen LogP contribution is -2.51. The molecule has 47 heavy (non-hydrogen) atoms. The summed E-state index contributed by atoms with van der Waals surface area (Å²) in [5, 5.41) is 59.4. The summed E-state index contributed by atoms with van der Waals surface area (Å²) in [5.74, 6) is -0.533. The summed E-state index contributed by atoms with van der Waals surface area (Å²) >= 11 is 0. The molecule has 4 aromatic heterocycles. The van der Waals surface area contributed by atoms with Crippen LogP contribution in [0.4, 0.5) is 5.82 Å². The number of ether oxygens (including phenoxy) is 2. The number of fused-ring (bicyclic) bond motifs is 2. The molecule has 19 heteroatoms. The van der Waals surface area contributed by atoms with Gasteiger partial charge < -0.3 is 50.4 Å². The SMILES string of the molecule is Cn1cnc2c(ncn2[C@@H]2O[C@H](CO)[C@@H](O)[C@H]2O)c1=O.Nc1ncnc2c1ncn2[C@]1(C(=O)c2ccccc2)O[C@H](CO)[C@@H](O)[C@H]1O. The smallest absolute Gasteiger partial charge is 0.281 e. The molecule has 0 saturated carbocycles. The Bertz CT molecular complexity index is 1970. The first-order chi connectivity index (χ1) is 22.5. The van der Waals surface area contributed by atoms with Crippen LogP contribution in [0, 0.1) is 0 Å². The highest BCUT2D eigenvalue weighted by atomic mass is 16.6. The Labute approximate surface area is 263 Å². The third kappa shape index (κ3) is 5.14. The molecule has 0 aliphatic carbocycles. The van der Waals surface area contributed by atoms with Crippen LogP contribution in [-0.2, 0) is 22.2 Å². The number of aliphatic hydroxyl groups is 6. The highest BCUT2D eigenvalue weighted by Crippen LogP contribution is 2.40. The Kier molecular flexibility index (Phi) is 8.55. The van der Waals surface area contributed by atoms with E-state index in [0.29, 0.717) is 0 Å². The fourth-order valence-electron chi connectivity index (χ4n) is 5.63. The lowest BCUT2D eigenvalue weighted by Gasteiger charge is -2.32. The number of aryl methyl sites for hydroxylation is 1. The van der Waals surface area contributed by atoms with Gasteiger partial charge in [-0.1, -0.05) is 30.3 Å². The molecule has 2 saturated heterocycles. The maximum absolute atomic E-state index is 13.4. The first kappa shape index (κ1) is 32.2. The van der Waals surface area contributed by atoms with Crippen LogP contribution in [0.2, 0.25) is 0 Å². The van der Waals surface area contributed by atoms with Gasteiger partial charge in [0.25, 0.3) is 5.56 Å². The fourth-order valence-corrected chi connectivity index (χ4v) is 5.63. The summed E-state index contributed by atoms with van der Waals surface area (Å²) in [6, 6.07) is 8.17. The van der Waals surface area contributed by atoms with E-state index in [0.717, 1.165) is 0 Å². The van der Waals surface area contributed by atoms with E-state index < -0.39 is 67.6 Å². The number of ketones is 1. The molecular formula is C28H31N9O10. The molecule has 0 radical (unpaired) electrons. The summed E-state index contributed by atoms with van der Waals surface area (Å²) in [5.41, 5.74) is 4.42. The van der Waals surface area contributed by atoms with E-state index in [9.17, 15) is 35.1 Å². The van der Waals surface area contributed by atoms with Gasteiger partial charge in [-0.05, 0) is 0 Å². The van der Waals surface area contributed by atoms with Gasteiger partial charge in [0.05, 0.1) is 25.9 Å². The van der Waals surface area contributed by atoms with Gasteiger partial charge >= 0.3 is 0 Å². The Morgan fingerprint density at radius 1 is 0.872 bits per heavy atom. The number of hydrogen-bond acceptors (Lipinski definition) is 16. The quantitative estimate of drug-likeness (QED) is 0.0888. The van der Waals surface area contributed by atoms with Crippen molar-refractivity contribution >= 4 is 33.9 Å². The average molecular weight is 654 g/mol. The van der Waals surface area contributed by atoms with Gasteiger partial charge in [-0.3, -0.25) is 18.7 Å². The van der Waals surface area contributed by atoms with E-state index in [-0.39, 0.29) is 39.3 Å². The van der Waals surface area contributed by atoms with E-state index in [4.69, 9.17) is 20.3 Å². The molecule has 5 aromatic rings. The number of aromatic nitrogens is 8. The molecule has 7 rings (SSSR count). The highest BCUT2D eigenvalue weighted by Gasteiger charge is 2.61. The van der Waals surface area contributed by atoms with Gasteiger partial charge in [-0.15, -0.1) is 0 Å². The Morgan fingerprint density at radius 2 is 1.57 bits per heavy atom. The second kappa shape index (κ2) is 12.5. The molecule has 2 aliphatic heterocycles. The van der Waals surface area contributed by atoms with E-state index in [1.54, 1.807) is 37.4 Å². The number of anilines is 1. The van der Waals surface area contributed by atoms with Crippen LogP contribution in [0.25, 0.3) is 22.3 Å². The zero-order valence-corrected chi connectivity index (χ0v) is 24.6. The number of carbonyl (C=O) groups excluding carboxylic acids is 1. The maximum Gasteiger partial charge on any atom is 0.281 e. The summed E-state index contributed by atoms with van der Waals surface area (Å²) in [6.45, 7) is -1.01. The first-order valence-electron chi connectivity index (χ1n) is 14.2. The van der Waals surface area contributed by atoms with Crippen molar-refractivity contribution in [1.82, 2.24) is 38.6 Å². The third-order valence-corrected chi connectivity index (χ3v) is 8.13. The Hall–Kier alpha value is -4.73. The molecule has 6 heterocycles. The van der Waals surface area contributed by atoms with Crippen molar-refractivity contribution in [3.63, 3.8) is 0 Å². The van der Waals surface area contributed by atoms with Crippen molar-refractivity contribution in [3.8, 4) is 0 Å². The minimum Gasteiger partial charge on any atom is -0.394 e. The zero-order chi connectivity index (χ0) is 33.6. The predicted molar refractivity (Wildman–Crippen MR) is 158 cm³/mol. The second-order valence-electron chi connectivity index (χ2n) is 10.9. The van der Waals surface area contributed by atoms with Gasteiger partial charge in [0.1, 0.15) is 54.8 Å². The summed E-state index contributed by atoms with van der Waals surface area (Å²) < 4.78 is 15.0. The summed E-state index contributed by atoms with van der Waals surface area (Å²) in [6.07, 6.45) is -3.57. The van der Waals surface area contributed by atoms with E-state index in [1.165, 1.54) is 39.0 Å². The minimum atomic E-state index is -2.08. The van der Waals surface area contributed by atoms with Crippen molar-refractivity contribution in [2.45, 2.75) is 48.6 Å². The molecule has 19 nitrogen and oxygen atoms in total. The lowest BCUT2D eigenvalue weighted by atomic mass is 9.93. The van der Waals surface area contributed by atoms with E-state index in [2.05, 4.69) is 24.9 Å². The lowest BCUT2D eigenvalue weighted by molar-refractivity contribution is -0.113. The number of imidazole rings is 2. The number of nitrogen functional groups attached to an aromatic ring is 1. The number of nitrogens with zero attached hydrogens (tertiary/aromatic N) is 8. The average Bonchev–Trinajstić information content (AvgIpc) is 3.84. The third-order valence-electron chi connectivity index (χ3n) is 8.13. The van der Waals surface area contributed by atoms with E-state index >= 15 is 0 Å². The molecule has 0 bridgehead atoms. The van der Waals surface area contributed by atoms with Crippen LogP contribution >= 0.6 is 0 Å². The second-order valence-corrected chi connectivity index (χ2v) is 10.9. The van der Waals surface area contributed by atoms with Gasteiger partial charge in [0.2, 0.25) is 11.5 Å². The van der Waals surface area contributed by atoms with Crippen molar-refractivity contribution in [3.05, 3.63) is 71.6 Å². The molecule has 248 valence electrons. The molecule has 2 aliphatic rings. The van der Waals surface area contributed by atoms with Crippen molar-refractivity contribution in [2.24, 2.45) is 7.05 Å². The molecule has 0 amide bonds. The number of Topliss-reactive ketones (excluding diaryl/α,β-unsaturated/α-hetero) is 1. The predicted octanol–water partition coefficient (Wildman–Crippen LogP) is -3.20. The van der Waals surface area contributed by atoms with Gasteiger partial charge in [-0.25, -0.2) is 24.9 Å². The van der Waals surface area contributed by atoms with Crippen LogP contribution < -0.4 is 11.3 Å². The van der Waals surface area contributed by atoms with Gasteiger partial charge in [-0.2, -0.15) is 0 Å². The normalized spacial score (nSPS) is 28.9. The molecule has 1 aromatic carbocycles. The standard InChI is InChI=1S/C17H17N5O5.C11H14N4O5/c18-15-11-16(20-7-19-15)22(8-21-11)17(13(25)9-4-2-1-3-5-9)14(26)12(24)10(6-23)27-17;1-14-3-13-9-6(10(14)19)12-4-15(9)11-8(18)7(17)5(2-16)20-11/h1-5,7-8,10,12,14,23-24,26H,6H2,(H2,18,19,20);3-5,7-8,11,16-18H,2H2,1H3/t10-,12-,14-,17-;5-,7-,8-,11-/m11/s1. The van der Waals surface area contributed by atoms with Crippen LogP contribution in [0.5, 0.6) is 0 Å². The van der Waals surface area contributed by atoms with Gasteiger partial charge in [0.15, 0.2) is 28.9 Å². The largest absolute Gasteiger partial charge is 0.394 e. The fraction of sp³-hybridized carbons (Fsp3) is 0.393. The highest BCUT2D eigenvalue weighted by molar-refractivity contribution is 6.02. The van der Waals surface area contributed by atoms with Crippen molar-refractivity contribution < 1.29 is 44.9 Å². The number of benzene rings is 1. The van der Waals surface area contributed by atoms with Crippen LogP contribution in [-0.4, -0.2) is 125 Å². The topological polar surface area (TPSA) is 279 Å². The molecule has 8 atom stereocenters. The van der Waals surface area contributed by atoms with Crippen molar-refractivity contribution in [2.75, 3.05) is 18.9 Å². The Morgan fingerprint density at radius 3 is 2.23 bits per heavy atom. The number of hydrogen-bond donors (Lipinski definition) is 7. The van der Waals surface area contributed by atoms with Crippen LogP contribution in [0.15, 0.2) is 60.4 Å². The summed E-state index contributed by atoms with van der Waals surface area (Å²) in [7, 11) is 1.56. The zero-order valence-electron chi connectivity index (χ0n) is 24.6. The minimum absolute atomic E-state index is 0.0906. The molecule has 2 fully saturated rings. The molecule has 0 unspecified atom stereocenters. The number of rotatable bonds is 6. The monoisotopic (exact) mass is 653 g/mol. The Balaban J connectivity index is 0.000000172. The molecule has 0 spiro atoms. The van der Waals surface area contributed by atoms with Crippen LogP contribution in [0.1, 0.15) is 16.6 Å². The van der Waals surface area contributed by atoms with Gasteiger partial charge in [0, 0.05) is 12.6 Å². The molecule has 8 N–H and O–H groups in total. The first-order valence-corrected chi connectivity index (χ1v) is 14.2. The number of carbonyl (C=O) groups is 1. The number of aliphatic hydroxyl groups excluding tert-OH is 6. The van der Waals surface area contributed by atoms with Crippen LogP contribution in [0.3, 0.4) is 0 Å². The number of nitrogens with two attached hydrogens (primary N) is 1. The van der Waals surface area contributed by atoms with E-state index in [1.807, 2.05) is 0 Å². The summed E-state index contributed by atoms with van der Waals surface area (Å²) in [4.78, 5) is 45.4. The maximum atomic E-state index is 13.4.